The molecule has 0 spiro atoms. The summed E-state index contributed by atoms with van der Waals surface area (Å²) in [6.07, 6.45) is 7.15. The Balaban J connectivity index is 1.93. The van der Waals surface area contributed by atoms with Crippen LogP contribution in [0.5, 0.6) is 0 Å². The second-order valence-electron chi connectivity index (χ2n) is 5.15. The van der Waals surface area contributed by atoms with Crippen molar-refractivity contribution >= 4 is 33.4 Å². The molecule has 0 amide bonds. The first-order valence-corrected chi connectivity index (χ1v) is 8.87. The molecule has 2 rings (SSSR count). The van der Waals surface area contributed by atoms with Crippen LogP contribution in [0.3, 0.4) is 0 Å². The average Bonchev–Trinajstić information content (AvgIpc) is 2.46. The van der Waals surface area contributed by atoms with Crippen LogP contribution in [0.25, 0.3) is 0 Å². The van der Waals surface area contributed by atoms with Gasteiger partial charge in [0.1, 0.15) is 0 Å². The Hall–Kier alpha value is -0.590. The second kappa shape index (κ2) is 7.43. The SMILES string of the molecule is CS[C@@H]1CCC[C@H](NCc2ccc(Br)c([N+](=O)[O-])c2)C1. The monoisotopic (exact) mass is 358 g/mol. The molecular weight excluding hydrogens is 340 g/mol. The summed E-state index contributed by atoms with van der Waals surface area (Å²) in [5, 5.41) is 15.2. The van der Waals surface area contributed by atoms with Crippen molar-refractivity contribution in [2.24, 2.45) is 0 Å². The van der Waals surface area contributed by atoms with E-state index in [4.69, 9.17) is 0 Å². The van der Waals surface area contributed by atoms with E-state index in [1.54, 1.807) is 12.1 Å². The van der Waals surface area contributed by atoms with Crippen LogP contribution in [0.1, 0.15) is 31.2 Å². The van der Waals surface area contributed by atoms with E-state index in [1.807, 2.05) is 17.8 Å². The summed E-state index contributed by atoms with van der Waals surface area (Å²) >= 11 is 5.16. The minimum atomic E-state index is -0.349. The van der Waals surface area contributed by atoms with Gasteiger partial charge < -0.3 is 5.32 Å². The predicted molar refractivity (Wildman–Crippen MR) is 87.2 cm³/mol. The normalized spacial score (nSPS) is 22.7. The molecule has 1 aliphatic rings. The van der Waals surface area contributed by atoms with Gasteiger partial charge in [0, 0.05) is 23.9 Å². The van der Waals surface area contributed by atoms with E-state index in [0.29, 0.717) is 17.1 Å². The van der Waals surface area contributed by atoms with Gasteiger partial charge in [-0.25, -0.2) is 0 Å². The molecule has 1 aromatic rings. The van der Waals surface area contributed by atoms with Crippen LogP contribution < -0.4 is 5.32 Å². The molecule has 0 aromatic heterocycles. The summed E-state index contributed by atoms with van der Waals surface area (Å²) in [4.78, 5) is 10.6. The summed E-state index contributed by atoms with van der Waals surface area (Å²) in [6, 6.07) is 5.86. The second-order valence-corrected chi connectivity index (χ2v) is 7.14. The zero-order chi connectivity index (χ0) is 14.5. The van der Waals surface area contributed by atoms with Crippen molar-refractivity contribution in [1.82, 2.24) is 5.32 Å². The molecule has 20 heavy (non-hydrogen) atoms. The van der Waals surface area contributed by atoms with Crippen molar-refractivity contribution in [3.63, 3.8) is 0 Å². The van der Waals surface area contributed by atoms with Crippen molar-refractivity contribution in [2.75, 3.05) is 6.26 Å². The Morgan fingerprint density at radius 3 is 3.00 bits per heavy atom. The van der Waals surface area contributed by atoms with Crippen LogP contribution in [0.15, 0.2) is 22.7 Å². The molecule has 6 heteroatoms. The number of hydrogen-bond donors (Lipinski definition) is 1. The first-order valence-electron chi connectivity index (χ1n) is 6.79. The van der Waals surface area contributed by atoms with E-state index in [2.05, 4.69) is 27.5 Å². The lowest BCUT2D eigenvalue weighted by atomic mass is 9.95. The van der Waals surface area contributed by atoms with E-state index in [9.17, 15) is 10.1 Å². The van der Waals surface area contributed by atoms with Gasteiger partial charge in [0.25, 0.3) is 5.69 Å². The quantitative estimate of drug-likeness (QED) is 0.635. The average molecular weight is 359 g/mol. The summed E-state index contributed by atoms with van der Waals surface area (Å²) in [6.45, 7) is 0.694. The molecule has 1 aromatic carbocycles. The number of thioether (sulfide) groups is 1. The summed E-state index contributed by atoms with van der Waals surface area (Å²) in [7, 11) is 0. The third-order valence-electron chi connectivity index (χ3n) is 3.76. The van der Waals surface area contributed by atoms with Crippen LogP contribution in [-0.4, -0.2) is 22.5 Å². The highest BCUT2D eigenvalue weighted by Gasteiger charge is 2.21. The minimum absolute atomic E-state index is 0.134. The molecule has 0 radical (unpaired) electrons. The van der Waals surface area contributed by atoms with E-state index >= 15 is 0 Å². The molecule has 2 atom stereocenters. The molecule has 1 fully saturated rings. The topological polar surface area (TPSA) is 55.2 Å². The smallest absolute Gasteiger partial charge is 0.283 e. The fraction of sp³-hybridized carbons (Fsp3) is 0.571. The molecule has 0 bridgehead atoms. The van der Waals surface area contributed by atoms with Gasteiger partial charge in [-0.2, -0.15) is 11.8 Å². The van der Waals surface area contributed by atoms with Gasteiger partial charge in [-0.3, -0.25) is 10.1 Å². The standard InChI is InChI=1S/C14H19BrN2O2S/c1-20-12-4-2-3-11(8-12)16-9-10-5-6-13(15)14(7-10)17(18)19/h5-7,11-12,16H,2-4,8-9H2,1H3/t11-,12+/m0/s1. The first kappa shape index (κ1) is 15.8. The molecule has 4 nitrogen and oxygen atoms in total. The molecule has 0 aliphatic heterocycles. The molecule has 0 saturated heterocycles. The van der Waals surface area contributed by atoms with E-state index in [0.717, 1.165) is 10.8 Å². The Morgan fingerprint density at radius 2 is 2.30 bits per heavy atom. The van der Waals surface area contributed by atoms with Crippen molar-refractivity contribution in [1.29, 1.82) is 0 Å². The number of nitrogens with zero attached hydrogens (tertiary/aromatic N) is 1. The lowest BCUT2D eigenvalue weighted by molar-refractivity contribution is -0.385. The molecule has 110 valence electrons. The number of nitro benzene ring substituents is 1. The maximum atomic E-state index is 10.9. The number of nitro groups is 1. The predicted octanol–water partition coefficient (Wildman–Crippen LogP) is 4.12. The van der Waals surface area contributed by atoms with E-state index in [-0.39, 0.29) is 10.6 Å². The van der Waals surface area contributed by atoms with Crippen molar-refractivity contribution in [3.05, 3.63) is 38.3 Å². The molecule has 1 N–H and O–H groups in total. The van der Waals surface area contributed by atoms with Crippen LogP contribution >= 0.6 is 27.7 Å². The van der Waals surface area contributed by atoms with Gasteiger partial charge in [0.15, 0.2) is 0 Å². The molecule has 0 unspecified atom stereocenters. The highest BCUT2D eigenvalue weighted by Crippen LogP contribution is 2.28. The van der Waals surface area contributed by atoms with Crippen molar-refractivity contribution < 1.29 is 4.92 Å². The van der Waals surface area contributed by atoms with Gasteiger partial charge in [-0.1, -0.05) is 12.5 Å². The van der Waals surface area contributed by atoms with Gasteiger partial charge in [-0.15, -0.1) is 0 Å². The highest BCUT2D eigenvalue weighted by molar-refractivity contribution is 9.10. The van der Waals surface area contributed by atoms with E-state index < -0.39 is 0 Å². The van der Waals surface area contributed by atoms with Crippen molar-refractivity contribution in [3.8, 4) is 0 Å². The summed E-state index contributed by atoms with van der Waals surface area (Å²) < 4.78 is 0.534. The highest BCUT2D eigenvalue weighted by atomic mass is 79.9. The van der Waals surface area contributed by atoms with Gasteiger partial charge in [0.2, 0.25) is 0 Å². The number of nitrogens with one attached hydrogen (secondary N) is 1. The van der Waals surface area contributed by atoms with E-state index in [1.165, 1.54) is 25.7 Å². The Labute approximate surface area is 132 Å². The molecule has 1 aliphatic carbocycles. The zero-order valence-corrected chi connectivity index (χ0v) is 13.9. The lowest BCUT2D eigenvalue weighted by Gasteiger charge is -2.28. The fourth-order valence-corrected chi connectivity index (χ4v) is 3.83. The minimum Gasteiger partial charge on any atom is -0.310 e. The van der Waals surface area contributed by atoms with Crippen LogP contribution in [0.4, 0.5) is 5.69 Å². The number of hydrogen-bond acceptors (Lipinski definition) is 4. The molecule has 1 saturated carbocycles. The fourth-order valence-electron chi connectivity index (χ4n) is 2.61. The maximum absolute atomic E-state index is 10.9. The zero-order valence-electron chi connectivity index (χ0n) is 11.5. The van der Waals surface area contributed by atoms with Crippen LogP contribution in [0, 0.1) is 10.1 Å². The Kier molecular flexibility index (Phi) is 5.86. The van der Waals surface area contributed by atoms with Crippen molar-refractivity contribution in [2.45, 2.75) is 43.5 Å². The van der Waals surface area contributed by atoms with Gasteiger partial charge in [0.05, 0.1) is 9.40 Å². The number of benzene rings is 1. The molecule has 0 heterocycles. The summed E-state index contributed by atoms with van der Waals surface area (Å²) in [5.74, 6) is 0. The third kappa shape index (κ3) is 4.20. The third-order valence-corrected chi connectivity index (χ3v) is 5.53. The Bertz CT molecular complexity index is 484. The number of rotatable bonds is 5. The van der Waals surface area contributed by atoms with Crippen LogP contribution in [-0.2, 0) is 6.54 Å². The van der Waals surface area contributed by atoms with Gasteiger partial charge >= 0.3 is 0 Å². The van der Waals surface area contributed by atoms with Crippen LogP contribution in [0.2, 0.25) is 0 Å². The lowest BCUT2D eigenvalue weighted by Crippen LogP contribution is -2.34. The van der Waals surface area contributed by atoms with Gasteiger partial charge in [-0.05, 0) is 53.1 Å². The largest absolute Gasteiger partial charge is 0.310 e. The Morgan fingerprint density at radius 1 is 1.50 bits per heavy atom. The summed E-state index contributed by atoms with van der Waals surface area (Å²) in [5.41, 5.74) is 1.10. The number of halogens is 1. The molecular formula is C14H19BrN2O2S. The maximum Gasteiger partial charge on any atom is 0.283 e. The first-order chi connectivity index (χ1) is 9.60.